The summed E-state index contributed by atoms with van der Waals surface area (Å²) in [4.78, 5) is 11.2. The molecule has 0 saturated heterocycles. The molecule has 19 heavy (non-hydrogen) atoms. The Hall–Kier alpha value is -0.610. The maximum absolute atomic E-state index is 11.2. The quantitative estimate of drug-likeness (QED) is 0.666. The molecule has 1 saturated carbocycles. The van der Waals surface area contributed by atoms with Gasteiger partial charge in [0.05, 0.1) is 6.10 Å². The summed E-state index contributed by atoms with van der Waals surface area (Å²) in [6.45, 7) is 7.31. The number of hydrogen-bond donors (Lipinski definition) is 2. The van der Waals surface area contributed by atoms with Crippen LogP contribution in [0.1, 0.15) is 59.3 Å². The molecule has 1 fully saturated rings. The van der Waals surface area contributed by atoms with Crippen LogP contribution in [0, 0.1) is 5.92 Å². The second-order valence-corrected chi connectivity index (χ2v) is 6.04. The first kappa shape index (κ1) is 16.4. The predicted octanol–water partition coefficient (Wildman–Crippen LogP) is 2.81. The zero-order valence-electron chi connectivity index (χ0n) is 12.6. The summed E-state index contributed by atoms with van der Waals surface area (Å²) < 4.78 is 5.89. The molecule has 4 nitrogen and oxygen atoms in total. The molecule has 112 valence electrons. The molecule has 0 aliphatic heterocycles. The van der Waals surface area contributed by atoms with E-state index in [-0.39, 0.29) is 0 Å². The minimum atomic E-state index is -0.821. The Bertz CT molecular complexity index is 283. The van der Waals surface area contributed by atoms with Gasteiger partial charge in [0.25, 0.3) is 0 Å². The van der Waals surface area contributed by atoms with E-state index in [1.807, 2.05) is 6.92 Å². The third-order valence-corrected chi connectivity index (χ3v) is 4.10. The Labute approximate surface area is 116 Å². The van der Waals surface area contributed by atoms with Gasteiger partial charge in [-0.3, -0.25) is 4.79 Å². The summed E-state index contributed by atoms with van der Waals surface area (Å²) in [5.74, 6) is -0.00886. The van der Waals surface area contributed by atoms with Gasteiger partial charge in [-0.2, -0.15) is 0 Å². The molecular weight excluding hydrogens is 242 g/mol. The van der Waals surface area contributed by atoms with E-state index in [1.54, 1.807) is 6.92 Å². The average molecular weight is 271 g/mol. The van der Waals surface area contributed by atoms with E-state index < -0.39 is 11.5 Å². The first-order valence-electron chi connectivity index (χ1n) is 7.58. The van der Waals surface area contributed by atoms with Crippen LogP contribution in [0.3, 0.4) is 0 Å². The Balaban J connectivity index is 2.23. The van der Waals surface area contributed by atoms with Crippen LogP contribution in [0.25, 0.3) is 0 Å². The Morgan fingerprint density at radius 3 is 2.79 bits per heavy atom. The Morgan fingerprint density at radius 1 is 1.47 bits per heavy atom. The standard InChI is InChI=1S/C15H29NO3/c1-4-16-15(3,14(17)18)9-6-10-19-13-8-5-7-12(2)11-13/h12-13,16H,4-11H2,1-3H3,(H,17,18). The predicted molar refractivity (Wildman–Crippen MR) is 76.3 cm³/mol. The highest BCUT2D eigenvalue weighted by atomic mass is 16.5. The zero-order chi connectivity index (χ0) is 14.3. The van der Waals surface area contributed by atoms with Gasteiger partial charge in [-0.15, -0.1) is 0 Å². The van der Waals surface area contributed by atoms with Crippen LogP contribution < -0.4 is 5.32 Å². The van der Waals surface area contributed by atoms with Crippen molar-refractivity contribution in [3.8, 4) is 0 Å². The summed E-state index contributed by atoms with van der Waals surface area (Å²) in [6, 6.07) is 0. The fraction of sp³-hybridized carbons (Fsp3) is 0.933. The summed E-state index contributed by atoms with van der Waals surface area (Å²) in [6.07, 6.45) is 6.68. The van der Waals surface area contributed by atoms with Gasteiger partial charge in [0.2, 0.25) is 0 Å². The first-order chi connectivity index (χ1) is 8.98. The van der Waals surface area contributed by atoms with Crippen molar-refractivity contribution in [2.45, 2.75) is 70.9 Å². The molecule has 2 N–H and O–H groups in total. The fourth-order valence-corrected chi connectivity index (χ4v) is 2.87. The number of ether oxygens (including phenoxy) is 1. The van der Waals surface area contributed by atoms with E-state index >= 15 is 0 Å². The van der Waals surface area contributed by atoms with Crippen molar-refractivity contribution in [3.05, 3.63) is 0 Å². The number of rotatable bonds is 8. The van der Waals surface area contributed by atoms with E-state index in [1.165, 1.54) is 12.8 Å². The fourth-order valence-electron chi connectivity index (χ4n) is 2.87. The molecule has 1 rings (SSSR count). The van der Waals surface area contributed by atoms with Gasteiger partial charge in [-0.05, 0) is 45.1 Å². The highest BCUT2D eigenvalue weighted by Crippen LogP contribution is 2.26. The molecule has 0 aromatic carbocycles. The second kappa shape index (κ2) is 7.85. The van der Waals surface area contributed by atoms with E-state index in [0.717, 1.165) is 25.2 Å². The molecule has 1 aliphatic rings. The van der Waals surface area contributed by atoms with Crippen LogP contribution in [0.4, 0.5) is 0 Å². The molecular formula is C15H29NO3. The van der Waals surface area contributed by atoms with Gasteiger partial charge in [-0.1, -0.05) is 26.7 Å². The highest BCUT2D eigenvalue weighted by Gasteiger charge is 2.31. The van der Waals surface area contributed by atoms with Crippen LogP contribution in [0.5, 0.6) is 0 Å². The van der Waals surface area contributed by atoms with Crippen molar-refractivity contribution in [2.24, 2.45) is 5.92 Å². The van der Waals surface area contributed by atoms with Crippen molar-refractivity contribution in [1.29, 1.82) is 0 Å². The molecule has 0 amide bonds. The molecule has 1 aliphatic carbocycles. The van der Waals surface area contributed by atoms with Crippen LogP contribution in [0.15, 0.2) is 0 Å². The third kappa shape index (κ3) is 5.49. The molecule has 4 heteroatoms. The third-order valence-electron chi connectivity index (χ3n) is 4.10. The summed E-state index contributed by atoms with van der Waals surface area (Å²) in [7, 11) is 0. The lowest BCUT2D eigenvalue weighted by Crippen LogP contribution is -2.49. The molecule has 0 aromatic heterocycles. The first-order valence-corrected chi connectivity index (χ1v) is 7.58. The van der Waals surface area contributed by atoms with Crippen molar-refractivity contribution in [2.75, 3.05) is 13.2 Å². The Kier molecular flexibility index (Phi) is 6.80. The van der Waals surface area contributed by atoms with Crippen molar-refractivity contribution < 1.29 is 14.6 Å². The monoisotopic (exact) mass is 271 g/mol. The van der Waals surface area contributed by atoms with Gasteiger partial charge < -0.3 is 15.2 Å². The lowest BCUT2D eigenvalue weighted by Gasteiger charge is -2.28. The summed E-state index contributed by atoms with van der Waals surface area (Å²) >= 11 is 0. The van der Waals surface area contributed by atoms with Gasteiger partial charge in [-0.25, -0.2) is 0 Å². The minimum Gasteiger partial charge on any atom is -0.480 e. The largest absolute Gasteiger partial charge is 0.480 e. The number of nitrogens with one attached hydrogen (secondary N) is 1. The lowest BCUT2D eigenvalue weighted by molar-refractivity contribution is -0.144. The van der Waals surface area contributed by atoms with Crippen molar-refractivity contribution >= 4 is 5.97 Å². The van der Waals surface area contributed by atoms with Gasteiger partial charge in [0.15, 0.2) is 0 Å². The molecule has 0 bridgehead atoms. The van der Waals surface area contributed by atoms with E-state index in [0.29, 0.717) is 25.7 Å². The number of carboxylic acids is 1. The van der Waals surface area contributed by atoms with E-state index in [9.17, 15) is 9.90 Å². The van der Waals surface area contributed by atoms with Gasteiger partial charge in [0, 0.05) is 6.61 Å². The van der Waals surface area contributed by atoms with Crippen LogP contribution >= 0.6 is 0 Å². The summed E-state index contributed by atoms with van der Waals surface area (Å²) in [5, 5.41) is 12.3. The SMILES string of the molecule is CCNC(C)(CCCOC1CCCC(C)C1)C(=O)O. The van der Waals surface area contributed by atoms with Crippen molar-refractivity contribution in [1.82, 2.24) is 5.32 Å². The van der Waals surface area contributed by atoms with Gasteiger partial charge >= 0.3 is 5.97 Å². The van der Waals surface area contributed by atoms with Crippen LogP contribution in [0.2, 0.25) is 0 Å². The number of hydrogen-bond acceptors (Lipinski definition) is 3. The highest BCUT2D eigenvalue weighted by molar-refractivity contribution is 5.78. The molecule has 3 atom stereocenters. The average Bonchev–Trinajstić information content (AvgIpc) is 2.35. The van der Waals surface area contributed by atoms with Crippen molar-refractivity contribution in [3.63, 3.8) is 0 Å². The molecule has 0 radical (unpaired) electrons. The number of aliphatic carboxylic acids is 1. The number of carboxylic acid groups (broad SMARTS) is 1. The lowest BCUT2D eigenvalue weighted by atomic mass is 9.88. The smallest absolute Gasteiger partial charge is 0.323 e. The molecule has 0 aromatic rings. The Morgan fingerprint density at radius 2 is 2.21 bits per heavy atom. The maximum atomic E-state index is 11.2. The van der Waals surface area contributed by atoms with Gasteiger partial charge in [0.1, 0.15) is 5.54 Å². The number of carbonyl (C=O) groups is 1. The zero-order valence-corrected chi connectivity index (χ0v) is 12.6. The van der Waals surface area contributed by atoms with E-state index in [4.69, 9.17) is 4.74 Å². The molecule has 3 unspecified atom stereocenters. The normalized spacial score (nSPS) is 26.9. The topological polar surface area (TPSA) is 58.6 Å². The van der Waals surface area contributed by atoms with Crippen LogP contribution in [-0.4, -0.2) is 35.9 Å². The van der Waals surface area contributed by atoms with E-state index in [2.05, 4.69) is 12.2 Å². The minimum absolute atomic E-state index is 0.388. The molecule has 0 heterocycles. The second-order valence-electron chi connectivity index (χ2n) is 6.04. The summed E-state index contributed by atoms with van der Waals surface area (Å²) in [5.41, 5.74) is -0.821. The maximum Gasteiger partial charge on any atom is 0.323 e. The number of likely N-dealkylation sites (N-methyl/N-ethyl adjacent to an activating group) is 1. The molecule has 0 spiro atoms. The van der Waals surface area contributed by atoms with Crippen LogP contribution in [-0.2, 0) is 9.53 Å².